The van der Waals surface area contributed by atoms with Crippen LogP contribution < -0.4 is 0 Å². The Balaban J connectivity index is 3.32. The van der Waals surface area contributed by atoms with Crippen LogP contribution in [0.25, 0.3) is 0 Å². The molecule has 116 valence electrons. The van der Waals surface area contributed by atoms with Crippen LogP contribution in [0.3, 0.4) is 0 Å². The molecule has 0 aliphatic rings. The van der Waals surface area contributed by atoms with Crippen LogP contribution >= 0.6 is 0 Å². The quantitative estimate of drug-likeness (QED) is 0.272. The summed E-state index contributed by atoms with van der Waals surface area (Å²) in [7, 11) is 0. The fraction of sp³-hybridized carbons (Fsp3) is 0.421. The van der Waals surface area contributed by atoms with E-state index >= 15 is 0 Å². The number of carbonyl (C=O) groups is 1. The Bertz CT molecular complexity index is 373. The second-order valence-electron chi connectivity index (χ2n) is 4.83. The number of unbranched alkanes of at least 4 members (excludes halogenated alkanes) is 6. The lowest BCUT2D eigenvalue weighted by atomic mass is 10.1. The highest BCUT2D eigenvalue weighted by atomic mass is 16.4. The smallest absolute Gasteiger partial charge is 0.327 e. The van der Waals surface area contributed by atoms with Gasteiger partial charge in [-0.15, -0.1) is 0 Å². The maximum Gasteiger partial charge on any atom is 0.327 e. The van der Waals surface area contributed by atoms with E-state index in [1.165, 1.54) is 25.3 Å². The molecule has 0 aliphatic carbocycles. The van der Waals surface area contributed by atoms with Gasteiger partial charge in [-0.3, -0.25) is 0 Å². The van der Waals surface area contributed by atoms with E-state index in [1.54, 1.807) is 12.2 Å². The van der Waals surface area contributed by atoms with Crippen LogP contribution in [0.15, 0.2) is 61.3 Å². The molecule has 0 aromatic rings. The Hall–Kier alpha value is -1.83. The van der Waals surface area contributed by atoms with E-state index in [1.807, 2.05) is 6.08 Å². The average molecular weight is 288 g/mol. The van der Waals surface area contributed by atoms with Crippen molar-refractivity contribution in [1.82, 2.24) is 0 Å². The Morgan fingerprint density at radius 1 is 0.762 bits per heavy atom. The summed E-state index contributed by atoms with van der Waals surface area (Å²) >= 11 is 0. The van der Waals surface area contributed by atoms with E-state index < -0.39 is 5.97 Å². The number of rotatable bonds is 13. The van der Waals surface area contributed by atoms with Crippen LogP contribution in [0, 0.1) is 0 Å². The first-order valence-electron chi connectivity index (χ1n) is 7.76. The summed E-state index contributed by atoms with van der Waals surface area (Å²) in [5, 5.41) is 8.42. The van der Waals surface area contributed by atoms with Gasteiger partial charge >= 0.3 is 5.97 Å². The van der Waals surface area contributed by atoms with E-state index in [-0.39, 0.29) is 0 Å². The standard InChI is InChI=1S/C19H28O2/c1-2-3-4-5-6-7-8-9-10-11-12-13-14-15-16-17-18-19(20)21/h2-4,7-10,17-18H,1,5-6,11-16H2,(H,20,21)/b4-3+,8-7+,10-9+,18-17+. The first-order chi connectivity index (χ1) is 10.3. The number of carboxylic acids is 1. The monoisotopic (exact) mass is 288 g/mol. The third kappa shape index (κ3) is 18.2. The number of carboxylic acid groups (broad SMARTS) is 1. The van der Waals surface area contributed by atoms with Crippen LogP contribution in [-0.4, -0.2) is 11.1 Å². The molecule has 0 amide bonds. The molecule has 0 bridgehead atoms. The molecule has 0 aliphatic heterocycles. The molecule has 2 nitrogen and oxygen atoms in total. The van der Waals surface area contributed by atoms with Crippen LogP contribution in [0.4, 0.5) is 0 Å². The van der Waals surface area contributed by atoms with Crippen molar-refractivity contribution in [2.75, 3.05) is 0 Å². The van der Waals surface area contributed by atoms with E-state index in [4.69, 9.17) is 5.11 Å². The zero-order valence-electron chi connectivity index (χ0n) is 12.9. The summed E-state index contributed by atoms with van der Waals surface area (Å²) in [5.41, 5.74) is 0. The van der Waals surface area contributed by atoms with E-state index in [9.17, 15) is 4.79 Å². The molecule has 0 rings (SSSR count). The molecule has 0 saturated heterocycles. The SMILES string of the molecule is C=C/C=C/CC/C=C/C=C/CCCCCC/C=C/C(=O)O. The molecule has 21 heavy (non-hydrogen) atoms. The molecule has 0 saturated carbocycles. The van der Waals surface area contributed by atoms with Gasteiger partial charge in [0.25, 0.3) is 0 Å². The Morgan fingerprint density at radius 2 is 1.29 bits per heavy atom. The van der Waals surface area contributed by atoms with Crippen molar-refractivity contribution in [3.05, 3.63) is 61.3 Å². The van der Waals surface area contributed by atoms with Gasteiger partial charge in [-0.1, -0.05) is 68.0 Å². The van der Waals surface area contributed by atoms with Crippen molar-refractivity contribution in [2.24, 2.45) is 0 Å². The molecule has 1 N–H and O–H groups in total. The fourth-order valence-electron chi connectivity index (χ4n) is 1.80. The second-order valence-corrected chi connectivity index (χ2v) is 4.83. The highest BCUT2D eigenvalue weighted by Gasteiger charge is 1.88. The molecule has 0 unspecified atom stereocenters. The Labute approximate surface area is 129 Å². The van der Waals surface area contributed by atoms with Gasteiger partial charge in [0.2, 0.25) is 0 Å². The van der Waals surface area contributed by atoms with Gasteiger partial charge < -0.3 is 5.11 Å². The molecule has 0 atom stereocenters. The van der Waals surface area contributed by atoms with Gasteiger partial charge in [0, 0.05) is 6.08 Å². The van der Waals surface area contributed by atoms with E-state index in [0.717, 1.165) is 32.1 Å². The maximum absolute atomic E-state index is 10.2. The van der Waals surface area contributed by atoms with Gasteiger partial charge in [-0.05, 0) is 38.5 Å². The minimum atomic E-state index is -0.857. The van der Waals surface area contributed by atoms with Crippen molar-refractivity contribution in [3.63, 3.8) is 0 Å². The van der Waals surface area contributed by atoms with E-state index in [0.29, 0.717) is 0 Å². The Morgan fingerprint density at radius 3 is 1.86 bits per heavy atom. The minimum absolute atomic E-state index is 0.857. The third-order valence-electron chi connectivity index (χ3n) is 2.91. The van der Waals surface area contributed by atoms with E-state index in [2.05, 4.69) is 37.0 Å². The van der Waals surface area contributed by atoms with Crippen LogP contribution in [-0.2, 0) is 4.79 Å². The lowest BCUT2D eigenvalue weighted by molar-refractivity contribution is -0.131. The highest BCUT2D eigenvalue weighted by molar-refractivity contribution is 5.79. The number of hydrogen-bond acceptors (Lipinski definition) is 1. The fourth-order valence-corrected chi connectivity index (χ4v) is 1.80. The molecule has 0 aromatic carbocycles. The normalized spacial score (nSPS) is 12.2. The topological polar surface area (TPSA) is 37.3 Å². The Kier molecular flexibility index (Phi) is 14.8. The highest BCUT2D eigenvalue weighted by Crippen LogP contribution is 2.06. The largest absolute Gasteiger partial charge is 0.478 e. The maximum atomic E-state index is 10.2. The molecule has 0 fully saturated rings. The molecular formula is C19H28O2. The third-order valence-corrected chi connectivity index (χ3v) is 2.91. The predicted octanol–water partition coefficient (Wildman–Crippen LogP) is 5.60. The van der Waals surface area contributed by atoms with Gasteiger partial charge in [0.05, 0.1) is 0 Å². The molecular weight excluding hydrogens is 260 g/mol. The van der Waals surface area contributed by atoms with Crippen LogP contribution in [0.5, 0.6) is 0 Å². The van der Waals surface area contributed by atoms with Crippen molar-refractivity contribution in [2.45, 2.75) is 51.4 Å². The second kappa shape index (κ2) is 16.2. The summed E-state index contributed by atoms with van der Waals surface area (Å²) in [5.74, 6) is -0.857. The van der Waals surface area contributed by atoms with Gasteiger partial charge in [-0.2, -0.15) is 0 Å². The van der Waals surface area contributed by atoms with Gasteiger partial charge in [0.15, 0.2) is 0 Å². The molecule has 0 spiro atoms. The lowest BCUT2D eigenvalue weighted by Crippen LogP contribution is -1.85. The van der Waals surface area contributed by atoms with Crippen LogP contribution in [0.2, 0.25) is 0 Å². The summed E-state index contributed by atoms with van der Waals surface area (Å²) in [4.78, 5) is 10.2. The zero-order valence-corrected chi connectivity index (χ0v) is 12.9. The van der Waals surface area contributed by atoms with Crippen molar-refractivity contribution < 1.29 is 9.90 Å². The average Bonchev–Trinajstić information content (AvgIpc) is 2.46. The zero-order chi connectivity index (χ0) is 15.6. The first kappa shape index (κ1) is 19.2. The first-order valence-corrected chi connectivity index (χ1v) is 7.76. The minimum Gasteiger partial charge on any atom is -0.478 e. The van der Waals surface area contributed by atoms with Crippen molar-refractivity contribution in [3.8, 4) is 0 Å². The van der Waals surface area contributed by atoms with Crippen molar-refractivity contribution in [1.29, 1.82) is 0 Å². The van der Waals surface area contributed by atoms with Crippen molar-refractivity contribution >= 4 is 5.97 Å². The number of allylic oxidation sites excluding steroid dienone is 8. The summed E-state index contributed by atoms with van der Waals surface area (Å²) in [6.45, 7) is 3.63. The number of aliphatic carboxylic acids is 1. The molecule has 2 heteroatoms. The predicted molar refractivity (Wildman–Crippen MR) is 91.3 cm³/mol. The van der Waals surface area contributed by atoms with Gasteiger partial charge in [0.1, 0.15) is 0 Å². The lowest BCUT2D eigenvalue weighted by Gasteiger charge is -1.96. The molecule has 0 heterocycles. The summed E-state index contributed by atoms with van der Waals surface area (Å²) in [6, 6.07) is 0. The molecule has 0 aromatic heterocycles. The summed E-state index contributed by atoms with van der Waals surface area (Å²) < 4.78 is 0. The summed E-state index contributed by atoms with van der Waals surface area (Å²) in [6.07, 6.45) is 26.2. The molecule has 0 radical (unpaired) electrons. The van der Waals surface area contributed by atoms with Crippen LogP contribution in [0.1, 0.15) is 51.4 Å². The number of hydrogen-bond donors (Lipinski definition) is 1. The van der Waals surface area contributed by atoms with Gasteiger partial charge in [-0.25, -0.2) is 4.79 Å².